The van der Waals surface area contributed by atoms with Gasteiger partial charge in [0.15, 0.2) is 0 Å². The summed E-state index contributed by atoms with van der Waals surface area (Å²) < 4.78 is 0. The summed E-state index contributed by atoms with van der Waals surface area (Å²) in [5, 5.41) is 0.407. The van der Waals surface area contributed by atoms with Gasteiger partial charge in [0.2, 0.25) is 0 Å². The molecule has 1 saturated carbocycles. The van der Waals surface area contributed by atoms with E-state index in [0.29, 0.717) is 11.3 Å². The Morgan fingerprint density at radius 2 is 1.83 bits per heavy atom. The highest BCUT2D eigenvalue weighted by atomic mass is 35.5. The van der Waals surface area contributed by atoms with E-state index in [1.165, 1.54) is 18.4 Å². The molecule has 12 heavy (non-hydrogen) atoms. The average molecular weight is 179 g/mol. The van der Waals surface area contributed by atoms with Gasteiger partial charge in [-0.25, -0.2) is 0 Å². The Hall–Kier alpha value is -0.490. The first kappa shape index (κ1) is 6.97. The van der Waals surface area contributed by atoms with Gasteiger partial charge in [-0.15, -0.1) is 11.6 Å². The van der Waals surface area contributed by atoms with Crippen LogP contribution in [0.4, 0.5) is 0 Å². The fourth-order valence-corrected chi connectivity index (χ4v) is 3.24. The molecule has 1 heteroatoms. The maximum Gasteiger partial charge on any atom is 0.0410 e. The van der Waals surface area contributed by atoms with Crippen LogP contribution in [0.3, 0.4) is 0 Å². The molecular weight excluding hydrogens is 168 g/mol. The number of rotatable bonds is 0. The second kappa shape index (κ2) is 2.26. The third kappa shape index (κ3) is 0.740. The molecule has 0 aromatic heterocycles. The lowest BCUT2D eigenvalue weighted by molar-refractivity contribution is 0.726. The molecule has 1 aromatic rings. The van der Waals surface area contributed by atoms with E-state index in [1.807, 2.05) is 0 Å². The summed E-state index contributed by atoms with van der Waals surface area (Å²) in [7, 11) is 0. The second-order valence-corrected chi connectivity index (χ2v) is 4.48. The lowest BCUT2D eigenvalue weighted by atomic mass is 9.92. The van der Waals surface area contributed by atoms with Crippen molar-refractivity contribution >= 4 is 11.6 Å². The predicted molar refractivity (Wildman–Crippen MR) is 50.8 cm³/mol. The maximum atomic E-state index is 6.24. The summed E-state index contributed by atoms with van der Waals surface area (Å²) in [6, 6.07) is 8.78. The van der Waals surface area contributed by atoms with E-state index in [1.54, 1.807) is 5.56 Å². The van der Waals surface area contributed by atoms with Crippen LogP contribution in [0.15, 0.2) is 24.3 Å². The van der Waals surface area contributed by atoms with Crippen molar-refractivity contribution in [1.29, 1.82) is 0 Å². The Morgan fingerprint density at radius 3 is 2.67 bits per heavy atom. The summed E-state index contributed by atoms with van der Waals surface area (Å²) in [5.41, 5.74) is 3.09. The van der Waals surface area contributed by atoms with Crippen molar-refractivity contribution in [3.05, 3.63) is 35.4 Å². The second-order valence-electron chi connectivity index (χ2n) is 3.92. The summed E-state index contributed by atoms with van der Waals surface area (Å²) in [5.74, 6) is 1.43. The Morgan fingerprint density at radius 1 is 1.08 bits per heavy atom. The van der Waals surface area contributed by atoms with E-state index in [4.69, 9.17) is 11.6 Å². The smallest absolute Gasteiger partial charge is 0.0410 e. The standard InChI is InChI=1S/C11H11Cl/c12-11-6-7-5-10(11)9-4-2-1-3-8(7)9/h1-4,7,10-11H,5-6H2/t7-,10+,11-/m1/s1. The molecule has 62 valence electrons. The third-order valence-corrected chi connectivity index (χ3v) is 3.80. The lowest BCUT2D eigenvalue weighted by Gasteiger charge is -2.18. The summed E-state index contributed by atoms with van der Waals surface area (Å²) in [6.45, 7) is 0. The van der Waals surface area contributed by atoms with E-state index in [2.05, 4.69) is 24.3 Å². The molecular formula is C11H11Cl. The highest BCUT2D eigenvalue weighted by molar-refractivity contribution is 6.21. The Bertz CT molecular complexity index is 319. The largest absolute Gasteiger partial charge is 0.122 e. The van der Waals surface area contributed by atoms with Crippen molar-refractivity contribution in [2.75, 3.05) is 0 Å². The van der Waals surface area contributed by atoms with E-state index in [9.17, 15) is 0 Å². The van der Waals surface area contributed by atoms with Crippen molar-refractivity contribution in [3.63, 3.8) is 0 Å². The van der Waals surface area contributed by atoms with Crippen LogP contribution < -0.4 is 0 Å². The molecule has 0 amide bonds. The topological polar surface area (TPSA) is 0 Å². The third-order valence-electron chi connectivity index (χ3n) is 3.32. The van der Waals surface area contributed by atoms with Crippen LogP contribution in [0.2, 0.25) is 0 Å². The van der Waals surface area contributed by atoms with Gasteiger partial charge in [-0.3, -0.25) is 0 Å². The quantitative estimate of drug-likeness (QED) is 0.535. The first-order valence-electron chi connectivity index (χ1n) is 4.59. The summed E-state index contributed by atoms with van der Waals surface area (Å²) in [6.07, 6.45) is 2.50. The summed E-state index contributed by atoms with van der Waals surface area (Å²) >= 11 is 6.24. The van der Waals surface area contributed by atoms with Crippen LogP contribution in [0.1, 0.15) is 35.8 Å². The number of alkyl halides is 1. The van der Waals surface area contributed by atoms with Gasteiger partial charge in [-0.2, -0.15) is 0 Å². The zero-order chi connectivity index (χ0) is 8.13. The first-order chi connectivity index (χ1) is 5.86. The number of benzene rings is 1. The molecule has 3 atom stereocenters. The van der Waals surface area contributed by atoms with Crippen molar-refractivity contribution < 1.29 is 0 Å². The van der Waals surface area contributed by atoms with Gasteiger partial charge in [0.1, 0.15) is 0 Å². The maximum absolute atomic E-state index is 6.24. The van der Waals surface area contributed by atoms with Crippen molar-refractivity contribution in [3.8, 4) is 0 Å². The van der Waals surface area contributed by atoms with Gasteiger partial charge < -0.3 is 0 Å². The highest BCUT2D eigenvalue weighted by Gasteiger charge is 2.42. The van der Waals surface area contributed by atoms with Gasteiger partial charge in [0.25, 0.3) is 0 Å². The molecule has 0 radical (unpaired) electrons. The molecule has 0 saturated heterocycles. The van der Waals surface area contributed by atoms with Crippen LogP contribution in [-0.2, 0) is 0 Å². The number of fused-ring (bicyclic) bond motifs is 5. The molecule has 2 bridgehead atoms. The minimum Gasteiger partial charge on any atom is -0.122 e. The number of hydrogen-bond donors (Lipinski definition) is 0. The molecule has 0 N–H and O–H groups in total. The minimum absolute atomic E-state index is 0.407. The first-order valence-corrected chi connectivity index (χ1v) is 5.03. The summed E-state index contributed by atoms with van der Waals surface area (Å²) in [4.78, 5) is 0. The predicted octanol–water partition coefficient (Wildman–Crippen LogP) is 3.27. The van der Waals surface area contributed by atoms with Gasteiger partial charge >= 0.3 is 0 Å². The zero-order valence-electron chi connectivity index (χ0n) is 6.83. The molecule has 1 aromatic carbocycles. The van der Waals surface area contributed by atoms with Crippen molar-refractivity contribution in [2.24, 2.45) is 0 Å². The molecule has 3 rings (SSSR count). The Labute approximate surface area is 77.5 Å². The van der Waals surface area contributed by atoms with Gasteiger partial charge in [0, 0.05) is 11.3 Å². The van der Waals surface area contributed by atoms with Crippen LogP contribution in [0, 0.1) is 0 Å². The van der Waals surface area contributed by atoms with E-state index in [0.717, 1.165) is 5.92 Å². The number of hydrogen-bond acceptors (Lipinski definition) is 0. The van der Waals surface area contributed by atoms with E-state index >= 15 is 0 Å². The van der Waals surface area contributed by atoms with Gasteiger partial charge in [0.05, 0.1) is 0 Å². The molecule has 0 heterocycles. The molecule has 0 unspecified atom stereocenters. The van der Waals surface area contributed by atoms with Gasteiger partial charge in [-0.1, -0.05) is 24.3 Å². The minimum atomic E-state index is 0.407. The van der Waals surface area contributed by atoms with E-state index in [-0.39, 0.29) is 0 Å². The van der Waals surface area contributed by atoms with Crippen molar-refractivity contribution in [1.82, 2.24) is 0 Å². The molecule has 0 nitrogen and oxygen atoms in total. The molecule has 0 aliphatic heterocycles. The number of halogens is 1. The normalized spacial score (nSPS) is 36.9. The van der Waals surface area contributed by atoms with Crippen LogP contribution in [0.25, 0.3) is 0 Å². The lowest BCUT2D eigenvalue weighted by Crippen LogP contribution is -2.09. The fraction of sp³-hybridized carbons (Fsp3) is 0.455. The Balaban J connectivity index is 2.17. The molecule has 1 fully saturated rings. The molecule has 0 spiro atoms. The SMILES string of the molecule is Cl[C@@H]1C[C@H]2C[C@H]1c1ccccc12. The Kier molecular flexibility index (Phi) is 1.31. The van der Waals surface area contributed by atoms with Crippen LogP contribution in [-0.4, -0.2) is 5.38 Å². The van der Waals surface area contributed by atoms with Crippen LogP contribution in [0.5, 0.6) is 0 Å². The molecule has 2 aliphatic carbocycles. The zero-order valence-corrected chi connectivity index (χ0v) is 7.59. The van der Waals surface area contributed by atoms with Gasteiger partial charge in [-0.05, 0) is 29.9 Å². The monoisotopic (exact) mass is 178 g/mol. The fourth-order valence-electron chi connectivity index (χ4n) is 2.78. The molecule has 2 aliphatic rings. The van der Waals surface area contributed by atoms with Crippen molar-refractivity contribution in [2.45, 2.75) is 30.1 Å². The van der Waals surface area contributed by atoms with E-state index < -0.39 is 0 Å². The van der Waals surface area contributed by atoms with Crippen LogP contribution >= 0.6 is 11.6 Å². The average Bonchev–Trinajstić information content (AvgIpc) is 2.62. The highest BCUT2D eigenvalue weighted by Crippen LogP contribution is 2.54.